The molecule has 3 aromatic heterocycles. The summed E-state index contributed by atoms with van der Waals surface area (Å²) in [6, 6.07) is 4.94. The highest BCUT2D eigenvalue weighted by Crippen LogP contribution is 2.50. The first-order chi connectivity index (χ1) is 37.4. The second kappa shape index (κ2) is 21.7. The molecule has 0 bridgehead atoms. The number of alkyl carbamates (subject to hydrolysis) is 2. The molecule has 10 rings (SSSR count). The van der Waals surface area contributed by atoms with E-state index in [4.69, 9.17) is 19.4 Å². The van der Waals surface area contributed by atoms with Crippen molar-refractivity contribution in [2.75, 3.05) is 50.2 Å². The van der Waals surface area contributed by atoms with Gasteiger partial charge >= 0.3 is 12.2 Å². The number of methoxy groups -OCH3 is 2. The molecule has 4 N–H and O–H groups in total. The smallest absolute Gasteiger partial charge is 0.407 e. The molecule has 0 saturated carbocycles. The Morgan fingerprint density at radius 1 is 0.628 bits per heavy atom. The minimum absolute atomic E-state index is 0.00130. The van der Waals surface area contributed by atoms with E-state index >= 15 is 22.0 Å². The Hall–Kier alpha value is -7.59. The van der Waals surface area contributed by atoms with E-state index in [1.165, 1.54) is 43.6 Å². The number of benzene rings is 3. The topological polar surface area (TPSA) is 207 Å². The lowest BCUT2D eigenvalue weighted by Crippen LogP contribution is -2.51. The van der Waals surface area contributed by atoms with Gasteiger partial charge in [0.05, 0.1) is 60.5 Å². The fourth-order valence-corrected chi connectivity index (χ4v) is 12.0. The molecule has 4 aliphatic heterocycles. The number of nitrogens with zero attached hydrogens (tertiary/aromatic N) is 8. The normalized spacial score (nSPS) is 21.2. The summed E-state index contributed by atoms with van der Waals surface area (Å²) in [6.07, 6.45) is 3.95. The quantitative estimate of drug-likeness (QED) is 0.0798. The summed E-state index contributed by atoms with van der Waals surface area (Å²) in [4.78, 5) is 83.0. The molecule has 4 amide bonds. The Morgan fingerprint density at radius 2 is 1.08 bits per heavy atom. The summed E-state index contributed by atoms with van der Waals surface area (Å²) in [5, 5.41) is 5.28. The van der Waals surface area contributed by atoms with Gasteiger partial charge in [-0.05, 0) is 80.7 Å². The maximum absolute atomic E-state index is 16.9. The number of hydrogen-bond donors (Lipinski definition) is 4. The van der Waals surface area contributed by atoms with E-state index in [0.29, 0.717) is 61.5 Å². The molecule has 7 heterocycles. The number of H-pyrrole nitrogens is 2. The Bertz CT molecular complexity index is 3070. The molecule has 0 spiro atoms. The van der Waals surface area contributed by atoms with Crippen LogP contribution in [-0.4, -0.2) is 116 Å². The summed E-state index contributed by atoms with van der Waals surface area (Å²) in [7, 11) is 2.44. The first-order valence-corrected chi connectivity index (χ1v) is 26.5. The van der Waals surface area contributed by atoms with Crippen molar-refractivity contribution in [3.8, 4) is 0 Å². The second-order valence-corrected chi connectivity index (χ2v) is 21.4. The number of imidazole rings is 2. The minimum Gasteiger partial charge on any atom is -0.453 e. The maximum atomic E-state index is 16.9. The number of aromatic amines is 2. The molecule has 414 valence electrons. The van der Waals surface area contributed by atoms with E-state index in [2.05, 4.69) is 30.6 Å². The van der Waals surface area contributed by atoms with E-state index < -0.39 is 77.4 Å². The maximum Gasteiger partial charge on any atom is 0.407 e. The van der Waals surface area contributed by atoms with Crippen LogP contribution in [0.15, 0.2) is 54.9 Å². The van der Waals surface area contributed by atoms with Crippen molar-refractivity contribution in [1.29, 1.82) is 0 Å². The standard InChI is InChI=1S/C55H63F5N12O6/c1-28(2)45(67-53(75)77-5)50(73)70-18-7-10-43(70)48-63-37-24-31(33(56)26-39(37)65-48)41-12-13-42(72(41)30-22-35(58)47(36(59)23-30)69-20-14-55(60,15-21-69)52-61-16-9-17-62-52)32-25-38-40(27-34(32)57)66-49(64-38)44-11-8-19-71(44)51(74)46(29(3)4)68-54(76)78-6/h9,16-17,22-29,41-46H,7-8,10-15,18-21H2,1-6H3,(H,63,65)(H,64,66)(H,67,75)(H,68,76)/t41-,42-,43+,44+,45?,46?/m1/s1. The fourth-order valence-electron chi connectivity index (χ4n) is 12.0. The summed E-state index contributed by atoms with van der Waals surface area (Å²) in [6.45, 7) is 7.93. The Kier molecular flexibility index (Phi) is 15.0. The van der Waals surface area contributed by atoms with Crippen molar-refractivity contribution in [3.63, 3.8) is 0 Å². The SMILES string of the molecule is COC(=O)NC(C(=O)N1CCC[C@H]1c1nc2cc(F)c([C@H]3CC[C@H](c4cc5[nH]c([C@@H]6CCCN6C(=O)C(NC(=O)OC)C(C)C)nc5cc4F)N3c3cc(F)c(N4CCC(F)(c5ncccn5)CC4)c(F)c3)cc2[nH]1)C(C)C. The van der Waals surface area contributed by atoms with Crippen molar-refractivity contribution >= 4 is 57.4 Å². The third-order valence-electron chi connectivity index (χ3n) is 16.0. The van der Waals surface area contributed by atoms with Gasteiger partial charge in [-0.3, -0.25) is 9.59 Å². The van der Waals surface area contributed by atoms with Gasteiger partial charge in [-0.25, -0.2) is 51.5 Å². The number of likely N-dealkylation sites (tertiary alicyclic amines) is 2. The number of fused-ring (bicyclic) bond motifs is 2. The van der Waals surface area contributed by atoms with Crippen molar-refractivity contribution in [3.05, 3.63) is 107 Å². The zero-order valence-electron chi connectivity index (χ0n) is 44.2. The molecular formula is C55H63F5N12O6. The number of carbonyl (C=O) groups is 4. The molecule has 4 aliphatic rings. The van der Waals surface area contributed by atoms with Crippen molar-refractivity contribution in [1.82, 2.24) is 50.3 Å². The van der Waals surface area contributed by atoms with Gasteiger partial charge in [-0.1, -0.05) is 27.7 Å². The molecule has 2 unspecified atom stereocenters. The molecule has 18 nitrogen and oxygen atoms in total. The first-order valence-electron chi connectivity index (χ1n) is 26.5. The number of piperidine rings is 1. The van der Waals surface area contributed by atoms with Gasteiger partial charge in [0.15, 0.2) is 23.1 Å². The highest BCUT2D eigenvalue weighted by atomic mass is 19.2. The number of hydrogen-bond acceptors (Lipinski definition) is 12. The number of ether oxygens (including phenoxy) is 2. The number of aromatic nitrogens is 6. The van der Waals surface area contributed by atoms with Gasteiger partial charge in [0, 0.05) is 80.4 Å². The highest BCUT2D eigenvalue weighted by molar-refractivity contribution is 5.88. The van der Waals surface area contributed by atoms with Crippen LogP contribution in [0.4, 0.5) is 42.9 Å². The van der Waals surface area contributed by atoms with Gasteiger partial charge in [0.2, 0.25) is 11.8 Å². The monoisotopic (exact) mass is 1080 g/mol. The Morgan fingerprint density at radius 3 is 1.50 bits per heavy atom. The van der Waals surface area contributed by atoms with Crippen LogP contribution in [0.1, 0.15) is 132 Å². The number of amides is 4. The first kappa shape index (κ1) is 53.8. The minimum atomic E-state index is -1.90. The van der Waals surface area contributed by atoms with Gasteiger partial charge in [0.25, 0.3) is 0 Å². The second-order valence-electron chi connectivity index (χ2n) is 21.4. The molecule has 23 heteroatoms. The average molecular weight is 1080 g/mol. The molecule has 0 aliphatic carbocycles. The Balaban J connectivity index is 0.999. The van der Waals surface area contributed by atoms with E-state index in [-0.39, 0.29) is 102 Å². The number of carbonyl (C=O) groups excluding carboxylic acids is 4. The largest absolute Gasteiger partial charge is 0.453 e. The predicted octanol–water partition coefficient (Wildman–Crippen LogP) is 9.42. The van der Waals surface area contributed by atoms with Gasteiger partial charge in [0.1, 0.15) is 41.1 Å². The van der Waals surface area contributed by atoms with Crippen LogP contribution in [0.25, 0.3) is 22.1 Å². The number of halogens is 5. The van der Waals surface area contributed by atoms with Gasteiger partial charge in [-0.15, -0.1) is 0 Å². The van der Waals surface area contributed by atoms with E-state index in [0.717, 1.165) is 12.1 Å². The third-order valence-corrected chi connectivity index (χ3v) is 16.0. The third kappa shape index (κ3) is 10.1. The van der Waals surface area contributed by atoms with E-state index in [1.807, 2.05) is 27.7 Å². The van der Waals surface area contributed by atoms with Crippen LogP contribution < -0.4 is 20.4 Å². The molecule has 3 aromatic carbocycles. The van der Waals surface area contributed by atoms with Crippen molar-refractivity contribution < 1.29 is 50.6 Å². The van der Waals surface area contributed by atoms with Crippen molar-refractivity contribution in [2.45, 2.75) is 121 Å². The lowest BCUT2D eigenvalue weighted by Gasteiger charge is -2.37. The number of nitrogens with one attached hydrogen (secondary N) is 4. The van der Waals surface area contributed by atoms with Crippen LogP contribution in [0.2, 0.25) is 0 Å². The molecule has 4 fully saturated rings. The molecule has 6 atom stereocenters. The van der Waals surface area contributed by atoms with Crippen molar-refractivity contribution in [2.24, 2.45) is 11.8 Å². The van der Waals surface area contributed by atoms with Gasteiger partial charge < -0.3 is 49.7 Å². The number of rotatable bonds is 13. The zero-order valence-corrected chi connectivity index (χ0v) is 44.2. The lowest BCUT2D eigenvalue weighted by molar-refractivity contribution is -0.136. The van der Waals surface area contributed by atoms with Crippen LogP contribution in [0.5, 0.6) is 0 Å². The van der Waals surface area contributed by atoms with Crippen LogP contribution in [0.3, 0.4) is 0 Å². The number of alkyl halides is 1. The molecular weight excluding hydrogens is 1020 g/mol. The molecule has 6 aromatic rings. The van der Waals surface area contributed by atoms with E-state index in [1.54, 1.807) is 32.9 Å². The summed E-state index contributed by atoms with van der Waals surface area (Å²) < 4.78 is 93.2. The molecule has 0 radical (unpaired) electrons. The fraction of sp³-hybridized carbons (Fsp3) is 0.491. The van der Waals surface area contributed by atoms with E-state index in [9.17, 15) is 19.2 Å². The Labute approximate surface area is 446 Å². The number of anilines is 2. The molecule has 4 saturated heterocycles. The molecule has 78 heavy (non-hydrogen) atoms. The van der Waals surface area contributed by atoms with Crippen LogP contribution >= 0.6 is 0 Å². The van der Waals surface area contributed by atoms with Crippen LogP contribution in [-0.2, 0) is 24.7 Å². The average Bonchev–Trinajstić information content (AvgIpc) is 4.48. The van der Waals surface area contributed by atoms with Gasteiger partial charge in [-0.2, -0.15) is 0 Å². The summed E-state index contributed by atoms with van der Waals surface area (Å²) >= 11 is 0. The summed E-state index contributed by atoms with van der Waals surface area (Å²) in [5.41, 5.74) is -0.576. The highest BCUT2D eigenvalue weighted by Gasteiger charge is 2.44. The lowest BCUT2D eigenvalue weighted by atomic mass is 9.92. The predicted molar refractivity (Wildman–Crippen MR) is 278 cm³/mol. The zero-order chi connectivity index (χ0) is 55.3. The van der Waals surface area contributed by atoms with Crippen LogP contribution in [0, 0.1) is 35.1 Å². The summed E-state index contributed by atoms with van der Waals surface area (Å²) in [5.74, 6) is -3.62.